The van der Waals surface area contributed by atoms with Crippen LogP contribution in [0.15, 0.2) is 23.1 Å². The number of piperidine rings is 1. The van der Waals surface area contributed by atoms with Gasteiger partial charge in [0, 0.05) is 30.5 Å². The lowest BCUT2D eigenvalue weighted by molar-refractivity contribution is -0.120. The van der Waals surface area contributed by atoms with E-state index in [9.17, 15) is 18.0 Å². The Morgan fingerprint density at radius 2 is 1.97 bits per heavy atom. The van der Waals surface area contributed by atoms with E-state index in [1.54, 1.807) is 19.1 Å². The molecule has 1 aromatic heterocycles. The molecule has 1 amide bonds. The third-order valence-electron chi connectivity index (χ3n) is 5.73. The zero-order chi connectivity index (χ0) is 22.0. The number of amides is 1. The van der Waals surface area contributed by atoms with E-state index in [4.69, 9.17) is 4.74 Å². The monoisotopic (exact) mass is 464 g/mol. The molecular weight excluding hydrogens is 440 g/mol. The fraction of sp³-hybridized carbons (Fsp3) is 0.500. The molecule has 1 fully saturated rings. The molecule has 1 aliphatic heterocycles. The number of aryl methyl sites for hydroxylation is 2. The molecular formula is C20H24N4O5S2. The van der Waals surface area contributed by atoms with E-state index < -0.39 is 16.0 Å². The lowest BCUT2D eigenvalue weighted by Gasteiger charge is -2.30. The molecule has 0 saturated carbocycles. The highest BCUT2D eigenvalue weighted by atomic mass is 32.2. The summed E-state index contributed by atoms with van der Waals surface area (Å²) in [5, 5.41) is 6.67. The van der Waals surface area contributed by atoms with E-state index in [0.717, 1.165) is 36.4 Å². The zero-order valence-corrected chi connectivity index (χ0v) is 18.8. The molecule has 0 spiro atoms. The average molecular weight is 465 g/mol. The lowest BCUT2D eigenvalue weighted by atomic mass is 9.97. The van der Waals surface area contributed by atoms with Gasteiger partial charge in [-0.1, -0.05) is 10.6 Å². The number of carbonyl (C=O) groups is 2. The van der Waals surface area contributed by atoms with Crippen LogP contribution in [-0.2, 0) is 32.4 Å². The maximum Gasteiger partial charge on any atom is 0.362 e. The predicted molar refractivity (Wildman–Crippen MR) is 114 cm³/mol. The van der Waals surface area contributed by atoms with Crippen LogP contribution < -0.4 is 5.32 Å². The van der Waals surface area contributed by atoms with Crippen molar-refractivity contribution < 1.29 is 22.7 Å². The van der Waals surface area contributed by atoms with Crippen LogP contribution in [0, 0.1) is 5.92 Å². The highest BCUT2D eigenvalue weighted by molar-refractivity contribution is 7.89. The van der Waals surface area contributed by atoms with Crippen LogP contribution in [0.25, 0.3) is 0 Å². The Labute approximate surface area is 185 Å². The van der Waals surface area contributed by atoms with Crippen LogP contribution in [0.3, 0.4) is 0 Å². The first-order chi connectivity index (χ1) is 14.9. The Bertz CT molecular complexity index is 1090. The zero-order valence-electron chi connectivity index (χ0n) is 17.2. The molecule has 1 saturated heterocycles. The van der Waals surface area contributed by atoms with Gasteiger partial charge in [0.2, 0.25) is 21.6 Å². The number of nitrogens with zero attached hydrogens (tertiary/aromatic N) is 3. The molecule has 1 N–H and O–H groups in total. The van der Waals surface area contributed by atoms with E-state index in [2.05, 4.69) is 14.9 Å². The van der Waals surface area contributed by atoms with Gasteiger partial charge in [-0.3, -0.25) is 4.79 Å². The van der Waals surface area contributed by atoms with Crippen molar-refractivity contribution in [2.75, 3.05) is 25.0 Å². The number of fused-ring (bicyclic) bond motifs is 1. The molecule has 11 heteroatoms. The second-order valence-electron chi connectivity index (χ2n) is 7.62. The summed E-state index contributed by atoms with van der Waals surface area (Å²) in [5.41, 5.74) is 2.33. The molecule has 2 heterocycles. The number of benzene rings is 1. The van der Waals surface area contributed by atoms with Gasteiger partial charge in [0.25, 0.3) is 0 Å². The first-order valence-corrected chi connectivity index (χ1v) is 12.5. The Hall–Kier alpha value is -2.37. The summed E-state index contributed by atoms with van der Waals surface area (Å²) in [6, 6.07) is 5.40. The minimum atomic E-state index is -3.58. The van der Waals surface area contributed by atoms with Gasteiger partial charge in [0.05, 0.1) is 11.5 Å². The second-order valence-corrected chi connectivity index (χ2v) is 10.3. The van der Waals surface area contributed by atoms with Gasteiger partial charge >= 0.3 is 5.97 Å². The third-order valence-corrected chi connectivity index (χ3v) is 8.26. The summed E-state index contributed by atoms with van der Waals surface area (Å²) < 4.78 is 36.2. The van der Waals surface area contributed by atoms with E-state index >= 15 is 0 Å². The number of hydrogen-bond acceptors (Lipinski definition) is 8. The van der Waals surface area contributed by atoms with E-state index in [0.29, 0.717) is 17.7 Å². The summed E-state index contributed by atoms with van der Waals surface area (Å²) >= 11 is 0.908. The number of anilines is 1. The van der Waals surface area contributed by atoms with Crippen LogP contribution in [0.4, 0.5) is 5.00 Å². The van der Waals surface area contributed by atoms with Crippen LogP contribution in [0.1, 0.15) is 47.8 Å². The van der Waals surface area contributed by atoms with Crippen LogP contribution in [-0.4, -0.2) is 53.9 Å². The smallest absolute Gasteiger partial charge is 0.362 e. The molecule has 0 atom stereocenters. The summed E-state index contributed by atoms with van der Waals surface area (Å²) in [7, 11) is -3.58. The van der Waals surface area contributed by atoms with Gasteiger partial charge < -0.3 is 10.1 Å². The fourth-order valence-electron chi connectivity index (χ4n) is 4.04. The molecule has 31 heavy (non-hydrogen) atoms. The number of rotatable bonds is 6. The normalized spacial score (nSPS) is 17.3. The topological polar surface area (TPSA) is 119 Å². The van der Waals surface area contributed by atoms with Crippen molar-refractivity contribution in [2.24, 2.45) is 5.92 Å². The maximum atomic E-state index is 13.1. The Morgan fingerprint density at radius 3 is 2.71 bits per heavy atom. The van der Waals surface area contributed by atoms with Crippen molar-refractivity contribution >= 4 is 38.4 Å². The van der Waals surface area contributed by atoms with Crippen molar-refractivity contribution in [1.82, 2.24) is 13.9 Å². The van der Waals surface area contributed by atoms with Crippen molar-refractivity contribution in [3.05, 3.63) is 35.0 Å². The number of carbonyl (C=O) groups excluding carboxylic acids is 2. The molecule has 1 aromatic carbocycles. The van der Waals surface area contributed by atoms with Gasteiger partial charge in [-0.15, -0.1) is 5.10 Å². The molecule has 4 rings (SSSR count). The third kappa shape index (κ3) is 4.48. The van der Waals surface area contributed by atoms with Crippen LogP contribution >= 0.6 is 11.5 Å². The number of hydrogen-bond donors (Lipinski definition) is 1. The van der Waals surface area contributed by atoms with Gasteiger partial charge in [-0.05, 0) is 62.3 Å². The van der Waals surface area contributed by atoms with Gasteiger partial charge in [0.15, 0.2) is 5.00 Å². The molecule has 2 aliphatic rings. The number of ether oxygens (including phenoxy) is 1. The lowest BCUT2D eigenvalue weighted by Crippen LogP contribution is -2.41. The first-order valence-electron chi connectivity index (χ1n) is 10.3. The SMILES string of the molecule is CCOC(=O)c1nnsc1NC(=O)C1CCN(S(=O)(=O)c2ccc3c(c2)CCC3)CC1. The summed E-state index contributed by atoms with van der Waals surface area (Å²) in [6.45, 7) is 2.41. The molecule has 2 aromatic rings. The highest BCUT2D eigenvalue weighted by Crippen LogP contribution is 2.29. The van der Waals surface area contributed by atoms with E-state index in [1.807, 2.05) is 6.07 Å². The molecule has 0 unspecified atom stereocenters. The first kappa shape index (κ1) is 21.8. The number of sulfonamides is 1. The van der Waals surface area contributed by atoms with Crippen LogP contribution in [0.2, 0.25) is 0 Å². The van der Waals surface area contributed by atoms with Crippen LogP contribution in [0.5, 0.6) is 0 Å². The molecule has 0 radical (unpaired) electrons. The molecule has 166 valence electrons. The molecule has 9 nitrogen and oxygen atoms in total. The average Bonchev–Trinajstić information content (AvgIpc) is 3.42. The minimum absolute atomic E-state index is 0.0168. The van der Waals surface area contributed by atoms with Gasteiger partial charge in [-0.25, -0.2) is 13.2 Å². The quantitative estimate of drug-likeness (QED) is 0.651. The van der Waals surface area contributed by atoms with Gasteiger partial charge in [0.1, 0.15) is 0 Å². The Balaban J connectivity index is 1.38. The number of aromatic nitrogens is 2. The Kier molecular flexibility index (Phi) is 6.35. The van der Waals surface area contributed by atoms with Crippen molar-refractivity contribution in [2.45, 2.75) is 43.9 Å². The van der Waals surface area contributed by atoms with Crippen molar-refractivity contribution in [3.63, 3.8) is 0 Å². The number of esters is 1. The van der Waals surface area contributed by atoms with Gasteiger partial charge in [-0.2, -0.15) is 4.31 Å². The minimum Gasteiger partial charge on any atom is -0.461 e. The molecule has 1 aliphatic carbocycles. The summed E-state index contributed by atoms with van der Waals surface area (Å²) in [6.07, 6.45) is 3.78. The highest BCUT2D eigenvalue weighted by Gasteiger charge is 2.33. The van der Waals surface area contributed by atoms with E-state index in [1.165, 1.54) is 9.87 Å². The fourth-order valence-corrected chi connectivity index (χ4v) is 6.12. The summed E-state index contributed by atoms with van der Waals surface area (Å²) in [5.74, 6) is -1.27. The van der Waals surface area contributed by atoms with Crippen molar-refractivity contribution in [1.29, 1.82) is 0 Å². The molecule has 0 bridgehead atoms. The standard InChI is InChI=1S/C20H24N4O5S2/c1-2-29-20(26)17-19(30-23-22-17)21-18(25)14-8-10-24(11-9-14)31(27,28)16-7-6-13-4-3-5-15(13)12-16/h6-7,12,14H,2-5,8-11H2,1H3,(H,21,25). The number of nitrogens with one attached hydrogen (secondary N) is 1. The largest absolute Gasteiger partial charge is 0.461 e. The summed E-state index contributed by atoms with van der Waals surface area (Å²) in [4.78, 5) is 24.9. The Morgan fingerprint density at radius 1 is 1.23 bits per heavy atom. The predicted octanol–water partition coefficient (Wildman–Crippen LogP) is 2.24. The maximum absolute atomic E-state index is 13.1. The van der Waals surface area contributed by atoms with Crippen molar-refractivity contribution in [3.8, 4) is 0 Å². The van der Waals surface area contributed by atoms with E-state index in [-0.39, 0.29) is 42.2 Å². The second kappa shape index (κ2) is 9.01.